The van der Waals surface area contributed by atoms with Gasteiger partial charge in [0.25, 0.3) is 17.7 Å². The molecule has 1 aromatic heterocycles. The molecule has 1 atom stereocenters. The Morgan fingerprint density at radius 1 is 1.12 bits per heavy atom. The van der Waals surface area contributed by atoms with Crippen LogP contribution in [-0.2, 0) is 4.79 Å². The highest BCUT2D eigenvalue weighted by atomic mass is 16.5. The van der Waals surface area contributed by atoms with E-state index in [2.05, 4.69) is 4.98 Å². The highest BCUT2D eigenvalue weighted by molar-refractivity contribution is 6.20. The normalized spacial score (nSPS) is 19.0. The van der Waals surface area contributed by atoms with E-state index in [0.717, 1.165) is 0 Å². The van der Waals surface area contributed by atoms with E-state index < -0.39 is 0 Å². The maximum absolute atomic E-state index is 12.5. The summed E-state index contributed by atoms with van der Waals surface area (Å²) in [5.74, 6) is -0.252. The Morgan fingerprint density at radius 3 is 2.69 bits per heavy atom. The summed E-state index contributed by atoms with van der Waals surface area (Å²) >= 11 is 0. The largest absolute Gasteiger partial charge is 0.484 e. The van der Waals surface area contributed by atoms with Crippen LogP contribution in [0.2, 0.25) is 0 Å². The number of amides is 3. The molecule has 0 spiro atoms. The molecule has 4 rings (SSSR count). The van der Waals surface area contributed by atoms with Gasteiger partial charge in [0.15, 0.2) is 6.61 Å². The fourth-order valence-corrected chi connectivity index (χ4v) is 3.35. The Kier molecular flexibility index (Phi) is 4.12. The minimum atomic E-state index is -0.384. The first-order chi connectivity index (χ1) is 12.6. The monoisotopic (exact) mass is 351 g/mol. The van der Waals surface area contributed by atoms with Crippen molar-refractivity contribution in [2.24, 2.45) is 0 Å². The Hall–Kier alpha value is -3.22. The van der Waals surface area contributed by atoms with E-state index >= 15 is 0 Å². The highest BCUT2D eigenvalue weighted by Crippen LogP contribution is 2.27. The zero-order valence-electron chi connectivity index (χ0n) is 14.0. The molecule has 1 fully saturated rings. The van der Waals surface area contributed by atoms with E-state index in [1.54, 1.807) is 29.2 Å². The van der Waals surface area contributed by atoms with Crippen LogP contribution in [0.3, 0.4) is 0 Å². The lowest BCUT2D eigenvalue weighted by Crippen LogP contribution is -2.43. The Balaban J connectivity index is 1.39. The van der Waals surface area contributed by atoms with Gasteiger partial charge in [0, 0.05) is 19.3 Å². The van der Waals surface area contributed by atoms with E-state index in [-0.39, 0.29) is 36.1 Å². The number of nitrogens with zero attached hydrogens (tertiary/aromatic N) is 3. The quantitative estimate of drug-likeness (QED) is 0.777. The molecule has 3 heterocycles. The molecule has 2 aliphatic heterocycles. The summed E-state index contributed by atoms with van der Waals surface area (Å²) in [6, 6.07) is 12.0. The summed E-state index contributed by atoms with van der Waals surface area (Å²) in [6.07, 6.45) is 2.06. The second kappa shape index (κ2) is 6.59. The maximum Gasteiger partial charge on any atom is 0.280 e. The number of imide groups is 1. The van der Waals surface area contributed by atoms with Crippen LogP contribution in [-0.4, -0.2) is 58.2 Å². The number of carbonyl (C=O) groups is 3. The van der Waals surface area contributed by atoms with Gasteiger partial charge in [-0.05, 0) is 30.7 Å². The number of rotatable bonds is 4. The van der Waals surface area contributed by atoms with Crippen LogP contribution in [0, 0.1) is 0 Å². The number of para-hydroxylation sites is 1. The Bertz CT molecular complexity index is 833. The standard InChI is InChI=1S/C19H17N3O4/c23-16(12-26-14-5-2-1-3-6-14)21-10-8-13(11-21)22-18(24)15-7-4-9-20-17(15)19(22)25/h1-7,9,13H,8,10-12H2. The molecule has 2 aliphatic rings. The number of pyridine rings is 1. The molecule has 1 saturated heterocycles. The van der Waals surface area contributed by atoms with E-state index in [4.69, 9.17) is 4.74 Å². The second-order valence-electron chi connectivity index (χ2n) is 6.26. The van der Waals surface area contributed by atoms with Gasteiger partial charge < -0.3 is 9.64 Å². The maximum atomic E-state index is 12.5. The first-order valence-corrected chi connectivity index (χ1v) is 8.43. The van der Waals surface area contributed by atoms with Gasteiger partial charge in [-0.25, -0.2) is 0 Å². The van der Waals surface area contributed by atoms with E-state index in [0.29, 0.717) is 30.8 Å². The van der Waals surface area contributed by atoms with Gasteiger partial charge in [-0.15, -0.1) is 0 Å². The van der Waals surface area contributed by atoms with Crippen LogP contribution in [0.1, 0.15) is 27.3 Å². The fourth-order valence-electron chi connectivity index (χ4n) is 3.35. The van der Waals surface area contributed by atoms with Gasteiger partial charge in [-0.2, -0.15) is 0 Å². The SMILES string of the molecule is O=C(COc1ccccc1)N1CCC(N2C(=O)c3cccnc3C2=O)C1. The summed E-state index contributed by atoms with van der Waals surface area (Å²) in [7, 11) is 0. The lowest BCUT2D eigenvalue weighted by molar-refractivity contribution is -0.132. The average Bonchev–Trinajstić information content (AvgIpc) is 3.25. The summed E-state index contributed by atoms with van der Waals surface area (Å²) < 4.78 is 5.49. The van der Waals surface area contributed by atoms with Crippen LogP contribution >= 0.6 is 0 Å². The third-order valence-electron chi connectivity index (χ3n) is 4.67. The first kappa shape index (κ1) is 16.3. The molecule has 1 unspecified atom stereocenters. The lowest BCUT2D eigenvalue weighted by Gasteiger charge is -2.22. The zero-order chi connectivity index (χ0) is 18.1. The summed E-state index contributed by atoms with van der Waals surface area (Å²) in [5.41, 5.74) is 0.518. The Morgan fingerprint density at radius 2 is 1.92 bits per heavy atom. The van der Waals surface area contributed by atoms with E-state index in [1.165, 1.54) is 11.1 Å². The fraction of sp³-hybridized carbons (Fsp3) is 0.263. The zero-order valence-corrected chi connectivity index (χ0v) is 14.0. The van der Waals surface area contributed by atoms with Crippen molar-refractivity contribution in [3.63, 3.8) is 0 Å². The van der Waals surface area contributed by atoms with Crippen molar-refractivity contribution in [3.05, 3.63) is 59.9 Å². The molecule has 26 heavy (non-hydrogen) atoms. The summed E-state index contributed by atoms with van der Waals surface area (Å²) in [5, 5.41) is 0. The molecular formula is C19H17N3O4. The molecule has 0 bridgehead atoms. The molecule has 0 saturated carbocycles. The molecule has 7 nitrogen and oxygen atoms in total. The molecule has 1 aromatic carbocycles. The number of benzene rings is 1. The molecule has 2 aromatic rings. The van der Waals surface area contributed by atoms with E-state index in [1.807, 2.05) is 18.2 Å². The third-order valence-corrected chi connectivity index (χ3v) is 4.67. The topological polar surface area (TPSA) is 79.8 Å². The van der Waals surface area contributed by atoms with Crippen molar-refractivity contribution in [3.8, 4) is 5.75 Å². The Labute approximate surface area is 150 Å². The van der Waals surface area contributed by atoms with Crippen molar-refractivity contribution in [1.82, 2.24) is 14.8 Å². The average molecular weight is 351 g/mol. The minimum Gasteiger partial charge on any atom is -0.484 e. The van der Waals surface area contributed by atoms with Crippen molar-refractivity contribution in [1.29, 1.82) is 0 Å². The molecule has 0 radical (unpaired) electrons. The molecule has 0 N–H and O–H groups in total. The molecule has 132 valence electrons. The summed E-state index contributed by atoms with van der Waals surface area (Å²) in [4.78, 5) is 44.3. The highest BCUT2D eigenvalue weighted by Gasteiger charge is 2.43. The lowest BCUT2D eigenvalue weighted by atomic mass is 10.2. The number of ether oxygens (including phenoxy) is 1. The number of hydrogen-bond donors (Lipinski definition) is 0. The van der Waals surface area contributed by atoms with Gasteiger partial charge >= 0.3 is 0 Å². The van der Waals surface area contributed by atoms with Gasteiger partial charge in [0.2, 0.25) is 0 Å². The minimum absolute atomic E-state index is 0.0690. The van der Waals surface area contributed by atoms with Gasteiger partial charge in [0.05, 0.1) is 11.6 Å². The van der Waals surface area contributed by atoms with Crippen LogP contribution in [0.15, 0.2) is 48.7 Å². The molecule has 3 amide bonds. The van der Waals surface area contributed by atoms with Crippen molar-refractivity contribution < 1.29 is 19.1 Å². The summed E-state index contributed by atoms with van der Waals surface area (Å²) in [6.45, 7) is 0.741. The number of likely N-dealkylation sites (tertiary alicyclic amines) is 1. The third kappa shape index (κ3) is 2.81. The van der Waals surface area contributed by atoms with Gasteiger partial charge in [-0.1, -0.05) is 18.2 Å². The molecular weight excluding hydrogens is 334 g/mol. The van der Waals surface area contributed by atoms with Crippen LogP contribution in [0.25, 0.3) is 0 Å². The van der Waals surface area contributed by atoms with Crippen LogP contribution in [0.5, 0.6) is 5.75 Å². The van der Waals surface area contributed by atoms with Gasteiger partial charge in [-0.3, -0.25) is 24.3 Å². The smallest absolute Gasteiger partial charge is 0.280 e. The van der Waals surface area contributed by atoms with Crippen molar-refractivity contribution >= 4 is 17.7 Å². The van der Waals surface area contributed by atoms with Crippen molar-refractivity contribution in [2.75, 3.05) is 19.7 Å². The van der Waals surface area contributed by atoms with Crippen LogP contribution < -0.4 is 4.74 Å². The van der Waals surface area contributed by atoms with Crippen LogP contribution in [0.4, 0.5) is 0 Å². The second-order valence-corrected chi connectivity index (χ2v) is 6.26. The molecule has 0 aliphatic carbocycles. The predicted octanol–water partition coefficient (Wildman–Crippen LogP) is 1.36. The number of carbonyl (C=O) groups excluding carboxylic acids is 3. The molecule has 7 heteroatoms. The predicted molar refractivity (Wildman–Crippen MR) is 91.7 cm³/mol. The number of fused-ring (bicyclic) bond motifs is 1. The first-order valence-electron chi connectivity index (χ1n) is 8.43. The number of hydrogen-bond acceptors (Lipinski definition) is 5. The van der Waals surface area contributed by atoms with E-state index in [9.17, 15) is 14.4 Å². The van der Waals surface area contributed by atoms with Gasteiger partial charge in [0.1, 0.15) is 11.4 Å². The van der Waals surface area contributed by atoms with Crippen molar-refractivity contribution in [2.45, 2.75) is 12.5 Å². The number of aromatic nitrogens is 1.